The Morgan fingerprint density at radius 1 is 1.33 bits per heavy atom. The zero-order chi connectivity index (χ0) is 15.2. The van der Waals surface area contributed by atoms with Gasteiger partial charge in [-0.25, -0.2) is 4.79 Å². The topological polar surface area (TPSA) is 57.6 Å². The molecule has 0 aliphatic heterocycles. The van der Waals surface area contributed by atoms with Crippen LogP contribution in [-0.4, -0.2) is 28.9 Å². The van der Waals surface area contributed by atoms with Gasteiger partial charge < -0.3 is 10.0 Å². The molecule has 4 nitrogen and oxygen atoms in total. The number of thiophene rings is 1. The van der Waals surface area contributed by atoms with E-state index in [1.54, 1.807) is 18.0 Å². The van der Waals surface area contributed by atoms with Gasteiger partial charge in [0.05, 0.1) is 5.56 Å². The van der Waals surface area contributed by atoms with Crippen LogP contribution in [0.1, 0.15) is 21.5 Å². The third kappa shape index (κ3) is 4.29. The third-order valence-corrected chi connectivity index (χ3v) is 3.59. The fraction of sp³-hybridized carbons (Fsp3) is 0.125. The second-order valence-corrected chi connectivity index (χ2v) is 5.37. The van der Waals surface area contributed by atoms with Gasteiger partial charge in [-0.05, 0) is 34.7 Å². The number of rotatable bonds is 5. The number of carboxylic acids is 1. The van der Waals surface area contributed by atoms with E-state index >= 15 is 0 Å². The molecule has 0 saturated heterocycles. The molecule has 0 bridgehead atoms. The van der Waals surface area contributed by atoms with E-state index in [-0.39, 0.29) is 5.91 Å². The smallest absolute Gasteiger partial charge is 0.328 e. The average molecular weight is 301 g/mol. The van der Waals surface area contributed by atoms with Crippen molar-refractivity contribution in [3.05, 3.63) is 63.9 Å². The SMILES string of the molecule is CN(Cc1cccc(C=CC(=O)O)c1)C(=O)c1ccsc1. The lowest BCUT2D eigenvalue weighted by Crippen LogP contribution is -2.25. The second-order valence-electron chi connectivity index (χ2n) is 4.59. The van der Waals surface area contributed by atoms with E-state index in [2.05, 4.69) is 0 Å². The van der Waals surface area contributed by atoms with Crippen molar-refractivity contribution in [2.75, 3.05) is 7.05 Å². The Balaban J connectivity index is 2.07. The summed E-state index contributed by atoms with van der Waals surface area (Å²) in [5.74, 6) is -1.01. The molecular weight excluding hydrogens is 286 g/mol. The summed E-state index contributed by atoms with van der Waals surface area (Å²) in [6.45, 7) is 0.476. The molecule has 1 aromatic heterocycles. The van der Waals surface area contributed by atoms with Gasteiger partial charge >= 0.3 is 5.97 Å². The van der Waals surface area contributed by atoms with Gasteiger partial charge in [0.2, 0.25) is 0 Å². The van der Waals surface area contributed by atoms with Crippen LogP contribution in [0.15, 0.2) is 47.2 Å². The zero-order valence-corrected chi connectivity index (χ0v) is 12.3. The van der Waals surface area contributed by atoms with Gasteiger partial charge in [0.25, 0.3) is 5.91 Å². The molecule has 0 unspecified atom stereocenters. The summed E-state index contributed by atoms with van der Waals surface area (Å²) < 4.78 is 0. The standard InChI is InChI=1S/C16H15NO3S/c1-17(16(20)14-7-8-21-11-14)10-13-4-2-3-12(9-13)5-6-15(18)19/h2-9,11H,10H2,1H3,(H,18,19). The van der Waals surface area contributed by atoms with Gasteiger partial charge in [-0.3, -0.25) is 4.79 Å². The molecule has 1 aromatic carbocycles. The van der Waals surface area contributed by atoms with Crippen molar-refractivity contribution in [2.45, 2.75) is 6.54 Å². The van der Waals surface area contributed by atoms with Crippen LogP contribution in [0.2, 0.25) is 0 Å². The number of hydrogen-bond donors (Lipinski definition) is 1. The molecule has 0 radical (unpaired) electrons. The van der Waals surface area contributed by atoms with Crippen molar-refractivity contribution in [3.8, 4) is 0 Å². The van der Waals surface area contributed by atoms with E-state index < -0.39 is 5.97 Å². The first kappa shape index (κ1) is 15.0. The molecule has 21 heavy (non-hydrogen) atoms. The lowest BCUT2D eigenvalue weighted by atomic mass is 10.1. The van der Waals surface area contributed by atoms with Gasteiger partial charge in [0.1, 0.15) is 0 Å². The Morgan fingerprint density at radius 2 is 2.14 bits per heavy atom. The van der Waals surface area contributed by atoms with Crippen molar-refractivity contribution in [2.24, 2.45) is 0 Å². The van der Waals surface area contributed by atoms with E-state index in [9.17, 15) is 9.59 Å². The summed E-state index contributed by atoms with van der Waals surface area (Å²) in [5, 5.41) is 12.3. The van der Waals surface area contributed by atoms with Crippen LogP contribution in [0.3, 0.4) is 0 Å². The van der Waals surface area contributed by atoms with Crippen molar-refractivity contribution in [3.63, 3.8) is 0 Å². The molecule has 0 fully saturated rings. The summed E-state index contributed by atoms with van der Waals surface area (Å²) >= 11 is 1.49. The summed E-state index contributed by atoms with van der Waals surface area (Å²) in [5.41, 5.74) is 2.43. The van der Waals surface area contributed by atoms with Gasteiger partial charge in [-0.1, -0.05) is 18.2 Å². The molecule has 5 heteroatoms. The van der Waals surface area contributed by atoms with E-state index in [0.29, 0.717) is 12.1 Å². The van der Waals surface area contributed by atoms with E-state index in [0.717, 1.165) is 17.2 Å². The van der Waals surface area contributed by atoms with E-state index in [1.807, 2.05) is 35.0 Å². The second kappa shape index (κ2) is 6.85. The van der Waals surface area contributed by atoms with Gasteiger partial charge in [-0.15, -0.1) is 0 Å². The Labute approximate surface area is 127 Å². The summed E-state index contributed by atoms with van der Waals surface area (Å²) in [7, 11) is 1.75. The van der Waals surface area contributed by atoms with Crippen LogP contribution in [-0.2, 0) is 11.3 Å². The fourth-order valence-corrected chi connectivity index (χ4v) is 2.54. The van der Waals surface area contributed by atoms with Crippen molar-refractivity contribution in [1.82, 2.24) is 4.90 Å². The van der Waals surface area contributed by atoms with Crippen LogP contribution >= 0.6 is 11.3 Å². The Kier molecular flexibility index (Phi) is 4.90. The maximum absolute atomic E-state index is 12.2. The molecule has 1 N–H and O–H groups in total. The Hall–Kier alpha value is -2.40. The first-order valence-electron chi connectivity index (χ1n) is 6.34. The van der Waals surface area contributed by atoms with Crippen LogP contribution in [0, 0.1) is 0 Å². The fourth-order valence-electron chi connectivity index (χ4n) is 1.91. The van der Waals surface area contributed by atoms with E-state index in [4.69, 9.17) is 5.11 Å². The third-order valence-electron chi connectivity index (χ3n) is 2.90. The van der Waals surface area contributed by atoms with Crippen LogP contribution < -0.4 is 0 Å². The molecule has 2 rings (SSSR count). The summed E-state index contributed by atoms with van der Waals surface area (Å²) in [4.78, 5) is 24.3. The molecule has 0 spiro atoms. The number of amides is 1. The minimum absolute atomic E-state index is 0.0252. The van der Waals surface area contributed by atoms with Crippen LogP contribution in [0.5, 0.6) is 0 Å². The van der Waals surface area contributed by atoms with Gasteiger partial charge in [0, 0.05) is 25.0 Å². The monoisotopic (exact) mass is 301 g/mol. The number of benzene rings is 1. The minimum Gasteiger partial charge on any atom is -0.478 e. The van der Waals surface area contributed by atoms with Crippen molar-refractivity contribution < 1.29 is 14.7 Å². The number of hydrogen-bond acceptors (Lipinski definition) is 3. The minimum atomic E-state index is -0.981. The number of carbonyl (C=O) groups is 2. The van der Waals surface area contributed by atoms with Gasteiger partial charge in [0.15, 0.2) is 0 Å². The maximum atomic E-state index is 12.2. The maximum Gasteiger partial charge on any atom is 0.328 e. The molecular formula is C16H15NO3S. The number of carbonyl (C=O) groups excluding carboxylic acids is 1. The molecule has 0 aliphatic rings. The summed E-state index contributed by atoms with van der Waals surface area (Å²) in [6, 6.07) is 9.26. The highest BCUT2D eigenvalue weighted by atomic mass is 32.1. The molecule has 0 aliphatic carbocycles. The number of nitrogens with zero attached hydrogens (tertiary/aromatic N) is 1. The first-order valence-corrected chi connectivity index (χ1v) is 7.28. The first-order chi connectivity index (χ1) is 10.1. The van der Waals surface area contributed by atoms with E-state index in [1.165, 1.54) is 17.4 Å². The zero-order valence-electron chi connectivity index (χ0n) is 11.5. The molecule has 0 atom stereocenters. The molecule has 0 saturated carbocycles. The highest BCUT2D eigenvalue weighted by Gasteiger charge is 2.12. The van der Waals surface area contributed by atoms with Crippen molar-refractivity contribution >= 4 is 29.3 Å². The lowest BCUT2D eigenvalue weighted by Gasteiger charge is -2.16. The molecule has 2 aromatic rings. The summed E-state index contributed by atoms with van der Waals surface area (Å²) in [6.07, 6.45) is 2.63. The molecule has 1 heterocycles. The number of aliphatic carboxylic acids is 1. The Bertz CT molecular complexity index is 662. The predicted octanol–water partition coefficient (Wildman–Crippen LogP) is 3.12. The average Bonchev–Trinajstić information content (AvgIpc) is 2.98. The molecule has 108 valence electrons. The highest BCUT2D eigenvalue weighted by Crippen LogP contribution is 2.13. The quantitative estimate of drug-likeness (QED) is 0.863. The Morgan fingerprint density at radius 3 is 2.81 bits per heavy atom. The largest absolute Gasteiger partial charge is 0.478 e. The lowest BCUT2D eigenvalue weighted by molar-refractivity contribution is -0.131. The predicted molar refractivity (Wildman–Crippen MR) is 83.2 cm³/mol. The highest BCUT2D eigenvalue weighted by molar-refractivity contribution is 7.08. The molecule has 1 amide bonds. The number of carboxylic acid groups (broad SMARTS) is 1. The van der Waals surface area contributed by atoms with Crippen molar-refractivity contribution in [1.29, 1.82) is 0 Å². The van der Waals surface area contributed by atoms with Crippen LogP contribution in [0.25, 0.3) is 6.08 Å². The van der Waals surface area contributed by atoms with Crippen LogP contribution in [0.4, 0.5) is 0 Å². The normalized spacial score (nSPS) is 10.7. The van der Waals surface area contributed by atoms with Gasteiger partial charge in [-0.2, -0.15) is 11.3 Å².